The highest BCUT2D eigenvalue weighted by Crippen LogP contribution is 2.34. The fourth-order valence-electron chi connectivity index (χ4n) is 3.88. The summed E-state index contributed by atoms with van der Waals surface area (Å²) in [6.45, 7) is 5.70. The smallest absolute Gasteiger partial charge is 0.0583 e. The number of likely N-dealkylation sites (N-methyl/N-ethyl adjacent to an activating group) is 2. The zero-order chi connectivity index (χ0) is 13.8. The Kier molecular flexibility index (Phi) is 5.67. The second-order valence-corrected chi connectivity index (χ2v) is 6.90. The zero-order valence-corrected chi connectivity index (χ0v) is 13.0. The van der Waals surface area contributed by atoms with E-state index >= 15 is 0 Å². The topological polar surface area (TPSA) is 26.7 Å². The average Bonchev–Trinajstić information content (AvgIpc) is 2.43. The molecule has 1 saturated carbocycles. The van der Waals surface area contributed by atoms with Gasteiger partial charge in [0.1, 0.15) is 0 Å². The molecule has 4 atom stereocenters. The fraction of sp³-hybridized carbons (Fsp3) is 1.00. The van der Waals surface area contributed by atoms with Crippen LogP contribution in [0.5, 0.6) is 0 Å². The molecule has 3 nitrogen and oxygen atoms in total. The minimum atomic E-state index is -0.0895. The van der Waals surface area contributed by atoms with Crippen LogP contribution in [0.4, 0.5) is 0 Å². The number of rotatable bonds is 4. The molecule has 2 aliphatic rings. The fourth-order valence-corrected chi connectivity index (χ4v) is 3.88. The van der Waals surface area contributed by atoms with Crippen molar-refractivity contribution in [2.75, 3.05) is 33.7 Å². The van der Waals surface area contributed by atoms with E-state index in [0.717, 1.165) is 32.0 Å². The average molecular weight is 268 g/mol. The molecule has 2 fully saturated rings. The third-order valence-corrected chi connectivity index (χ3v) is 5.44. The van der Waals surface area contributed by atoms with E-state index < -0.39 is 0 Å². The van der Waals surface area contributed by atoms with Crippen molar-refractivity contribution in [3.63, 3.8) is 0 Å². The second kappa shape index (κ2) is 7.05. The van der Waals surface area contributed by atoms with Crippen molar-refractivity contribution < 1.29 is 5.11 Å². The van der Waals surface area contributed by atoms with Crippen LogP contribution in [0.15, 0.2) is 0 Å². The molecule has 0 radical (unpaired) electrons. The second-order valence-electron chi connectivity index (χ2n) is 6.90. The van der Waals surface area contributed by atoms with Gasteiger partial charge in [0.25, 0.3) is 0 Å². The Labute approximate surface area is 119 Å². The molecular weight excluding hydrogens is 236 g/mol. The van der Waals surface area contributed by atoms with Gasteiger partial charge in [0.15, 0.2) is 0 Å². The van der Waals surface area contributed by atoms with Crippen molar-refractivity contribution in [2.45, 2.75) is 57.6 Å². The SMILES string of the molecule is CCC1CCCC(C(O)CC2CN(C)CCN2C)C1. The Morgan fingerprint density at radius 1 is 1.21 bits per heavy atom. The van der Waals surface area contributed by atoms with E-state index in [9.17, 15) is 5.11 Å². The summed E-state index contributed by atoms with van der Waals surface area (Å²) < 4.78 is 0. The molecule has 112 valence electrons. The maximum Gasteiger partial charge on any atom is 0.0583 e. The van der Waals surface area contributed by atoms with Gasteiger partial charge in [0, 0.05) is 25.7 Å². The minimum Gasteiger partial charge on any atom is -0.393 e. The van der Waals surface area contributed by atoms with Crippen molar-refractivity contribution in [3.05, 3.63) is 0 Å². The molecule has 0 bridgehead atoms. The highest BCUT2D eigenvalue weighted by atomic mass is 16.3. The van der Waals surface area contributed by atoms with Gasteiger partial charge in [-0.15, -0.1) is 0 Å². The van der Waals surface area contributed by atoms with Crippen LogP contribution >= 0.6 is 0 Å². The molecule has 1 heterocycles. The first kappa shape index (κ1) is 15.3. The normalized spacial score (nSPS) is 36.3. The van der Waals surface area contributed by atoms with E-state index in [1.807, 2.05) is 0 Å². The van der Waals surface area contributed by atoms with Crippen LogP contribution < -0.4 is 0 Å². The summed E-state index contributed by atoms with van der Waals surface area (Å²) in [4.78, 5) is 4.83. The van der Waals surface area contributed by atoms with Gasteiger partial charge in [0.2, 0.25) is 0 Å². The van der Waals surface area contributed by atoms with Gasteiger partial charge in [-0.1, -0.05) is 26.2 Å². The molecule has 0 amide bonds. The van der Waals surface area contributed by atoms with Gasteiger partial charge in [-0.3, -0.25) is 0 Å². The van der Waals surface area contributed by atoms with Gasteiger partial charge in [-0.2, -0.15) is 0 Å². The number of nitrogens with zero attached hydrogens (tertiary/aromatic N) is 2. The summed E-state index contributed by atoms with van der Waals surface area (Å²) in [6.07, 6.45) is 7.35. The first-order chi connectivity index (χ1) is 9.10. The zero-order valence-electron chi connectivity index (χ0n) is 13.0. The molecule has 1 saturated heterocycles. The Balaban J connectivity index is 1.83. The van der Waals surface area contributed by atoms with Crippen molar-refractivity contribution in [1.82, 2.24) is 9.80 Å². The predicted molar refractivity (Wildman–Crippen MR) is 80.3 cm³/mol. The van der Waals surface area contributed by atoms with Crippen LogP contribution in [0.2, 0.25) is 0 Å². The minimum absolute atomic E-state index is 0.0895. The summed E-state index contributed by atoms with van der Waals surface area (Å²) >= 11 is 0. The van der Waals surface area contributed by atoms with Crippen LogP contribution in [0, 0.1) is 11.8 Å². The monoisotopic (exact) mass is 268 g/mol. The van der Waals surface area contributed by atoms with E-state index in [2.05, 4.69) is 30.8 Å². The van der Waals surface area contributed by atoms with E-state index in [1.165, 1.54) is 32.1 Å². The van der Waals surface area contributed by atoms with Crippen molar-refractivity contribution in [2.24, 2.45) is 11.8 Å². The molecule has 4 unspecified atom stereocenters. The Bertz CT molecular complexity index is 271. The van der Waals surface area contributed by atoms with Crippen LogP contribution in [0.25, 0.3) is 0 Å². The molecule has 0 spiro atoms. The van der Waals surface area contributed by atoms with E-state index in [4.69, 9.17) is 0 Å². The first-order valence-corrected chi connectivity index (χ1v) is 8.17. The maximum absolute atomic E-state index is 10.6. The molecule has 19 heavy (non-hydrogen) atoms. The lowest BCUT2D eigenvalue weighted by Crippen LogP contribution is -2.51. The first-order valence-electron chi connectivity index (χ1n) is 8.17. The maximum atomic E-state index is 10.6. The third-order valence-electron chi connectivity index (χ3n) is 5.44. The molecule has 1 N–H and O–H groups in total. The summed E-state index contributed by atoms with van der Waals surface area (Å²) in [6, 6.07) is 0.538. The summed E-state index contributed by atoms with van der Waals surface area (Å²) in [7, 11) is 4.40. The summed E-state index contributed by atoms with van der Waals surface area (Å²) in [5.74, 6) is 1.42. The molecule has 0 aromatic heterocycles. The highest BCUT2D eigenvalue weighted by molar-refractivity contribution is 4.85. The lowest BCUT2D eigenvalue weighted by atomic mass is 9.76. The van der Waals surface area contributed by atoms with Crippen LogP contribution in [-0.2, 0) is 0 Å². The standard InChI is InChI=1S/C16H32N2O/c1-4-13-6-5-7-14(10-13)16(19)11-15-12-17(2)8-9-18(15)3/h13-16,19H,4-12H2,1-3H3. The van der Waals surface area contributed by atoms with Crippen LogP contribution in [0.1, 0.15) is 45.4 Å². The van der Waals surface area contributed by atoms with Gasteiger partial charge in [-0.25, -0.2) is 0 Å². The summed E-state index contributed by atoms with van der Waals surface area (Å²) in [5, 5.41) is 10.6. The van der Waals surface area contributed by atoms with Crippen molar-refractivity contribution in [1.29, 1.82) is 0 Å². The quantitative estimate of drug-likeness (QED) is 0.847. The lowest BCUT2D eigenvalue weighted by molar-refractivity contribution is 0.0189. The lowest BCUT2D eigenvalue weighted by Gasteiger charge is -2.40. The van der Waals surface area contributed by atoms with E-state index in [0.29, 0.717) is 12.0 Å². The van der Waals surface area contributed by atoms with Gasteiger partial charge in [0.05, 0.1) is 6.10 Å². The van der Waals surface area contributed by atoms with E-state index in [1.54, 1.807) is 0 Å². The molecule has 0 aromatic carbocycles. The van der Waals surface area contributed by atoms with E-state index in [-0.39, 0.29) is 6.10 Å². The number of aliphatic hydroxyl groups excluding tert-OH is 1. The molecular formula is C16H32N2O. The van der Waals surface area contributed by atoms with Crippen molar-refractivity contribution >= 4 is 0 Å². The Morgan fingerprint density at radius 2 is 2.00 bits per heavy atom. The molecule has 2 rings (SSSR count). The molecule has 1 aliphatic carbocycles. The molecule has 3 heteroatoms. The molecule has 0 aromatic rings. The molecule has 1 aliphatic heterocycles. The van der Waals surface area contributed by atoms with Gasteiger partial charge >= 0.3 is 0 Å². The number of hydrogen-bond donors (Lipinski definition) is 1. The number of piperazine rings is 1. The predicted octanol–water partition coefficient (Wildman–Crippen LogP) is 2.20. The Hall–Kier alpha value is -0.120. The van der Waals surface area contributed by atoms with Gasteiger partial charge in [-0.05, 0) is 45.2 Å². The summed E-state index contributed by atoms with van der Waals surface area (Å²) in [5.41, 5.74) is 0. The highest BCUT2D eigenvalue weighted by Gasteiger charge is 2.31. The number of aliphatic hydroxyl groups is 1. The third kappa shape index (κ3) is 4.17. The van der Waals surface area contributed by atoms with Crippen molar-refractivity contribution in [3.8, 4) is 0 Å². The van der Waals surface area contributed by atoms with Crippen LogP contribution in [-0.4, -0.2) is 60.8 Å². The van der Waals surface area contributed by atoms with Crippen LogP contribution in [0.3, 0.4) is 0 Å². The van der Waals surface area contributed by atoms with Gasteiger partial charge < -0.3 is 14.9 Å². The largest absolute Gasteiger partial charge is 0.393 e. The Morgan fingerprint density at radius 3 is 2.74 bits per heavy atom. The number of hydrogen-bond acceptors (Lipinski definition) is 3.